The number of amides is 1. The summed E-state index contributed by atoms with van der Waals surface area (Å²) in [5, 5.41) is 3.42. The highest BCUT2D eigenvalue weighted by Crippen LogP contribution is 2.27. The summed E-state index contributed by atoms with van der Waals surface area (Å²) in [6.07, 6.45) is 2.69. The van der Waals surface area contributed by atoms with Gasteiger partial charge in [-0.05, 0) is 43.5 Å². The Hall–Kier alpha value is -1.43. The first-order valence-corrected chi connectivity index (χ1v) is 7.53. The van der Waals surface area contributed by atoms with E-state index >= 15 is 0 Å². The minimum atomic E-state index is 0. The zero-order valence-corrected chi connectivity index (χ0v) is 14.3. The molecule has 2 fully saturated rings. The van der Waals surface area contributed by atoms with Gasteiger partial charge in [0.25, 0.3) is 5.91 Å². The summed E-state index contributed by atoms with van der Waals surface area (Å²) in [6.45, 7) is 3.79. The Bertz CT molecular complexity index is 697. The van der Waals surface area contributed by atoms with Crippen LogP contribution >= 0.6 is 24.8 Å². The molecule has 2 aliphatic rings. The van der Waals surface area contributed by atoms with Crippen molar-refractivity contribution in [2.75, 3.05) is 26.2 Å². The first kappa shape index (κ1) is 17.9. The second-order valence-corrected chi connectivity index (χ2v) is 5.96. The first-order valence-electron chi connectivity index (χ1n) is 7.53. The van der Waals surface area contributed by atoms with Crippen LogP contribution in [0.2, 0.25) is 0 Å². The molecule has 2 aliphatic heterocycles. The van der Waals surface area contributed by atoms with Gasteiger partial charge in [-0.25, -0.2) is 4.98 Å². The number of fused-ring (bicyclic) bond motifs is 2. The number of benzene rings is 1. The molecule has 0 radical (unpaired) electrons. The van der Waals surface area contributed by atoms with Gasteiger partial charge in [0.1, 0.15) is 5.69 Å². The fourth-order valence-corrected chi connectivity index (χ4v) is 3.44. The number of nitrogens with zero attached hydrogens (tertiary/aromatic N) is 3. The summed E-state index contributed by atoms with van der Waals surface area (Å²) in [5.74, 6) is 1.34. The standard InChI is InChI=1S/C16H18N4O.2ClH/c21-16(20-6-5-11-7-17-8-12(11)10-20)15-9-18-13-3-1-2-4-14(13)19-15;;/h1-4,9,11-12,17H,5-8,10H2;2*1H. The van der Waals surface area contributed by atoms with Crippen molar-refractivity contribution in [1.29, 1.82) is 0 Å². The van der Waals surface area contributed by atoms with Crippen LogP contribution in [0.25, 0.3) is 11.0 Å². The van der Waals surface area contributed by atoms with Crippen LogP contribution in [-0.2, 0) is 0 Å². The van der Waals surface area contributed by atoms with E-state index in [0.29, 0.717) is 11.6 Å². The number of aromatic nitrogens is 2. The van der Waals surface area contributed by atoms with Crippen LogP contribution in [-0.4, -0.2) is 47.0 Å². The van der Waals surface area contributed by atoms with E-state index in [1.54, 1.807) is 6.20 Å². The Morgan fingerprint density at radius 1 is 1.13 bits per heavy atom. The molecule has 1 aromatic heterocycles. The second-order valence-electron chi connectivity index (χ2n) is 5.96. The van der Waals surface area contributed by atoms with Crippen molar-refractivity contribution >= 4 is 41.8 Å². The summed E-state index contributed by atoms with van der Waals surface area (Å²) in [6, 6.07) is 7.65. The maximum atomic E-state index is 12.6. The zero-order chi connectivity index (χ0) is 14.2. The van der Waals surface area contributed by atoms with E-state index in [4.69, 9.17) is 0 Å². The van der Waals surface area contributed by atoms with Crippen molar-refractivity contribution in [2.45, 2.75) is 6.42 Å². The summed E-state index contributed by atoms with van der Waals surface area (Å²) in [7, 11) is 0. The van der Waals surface area contributed by atoms with Gasteiger partial charge in [-0.3, -0.25) is 9.78 Å². The molecule has 3 heterocycles. The topological polar surface area (TPSA) is 58.1 Å². The zero-order valence-electron chi connectivity index (χ0n) is 12.6. The lowest BCUT2D eigenvalue weighted by Crippen LogP contribution is -2.43. The Balaban J connectivity index is 0.000000960. The van der Waals surface area contributed by atoms with Crippen molar-refractivity contribution in [1.82, 2.24) is 20.2 Å². The predicted molar refractivity (Wildman–Crippen MR) is 94.4 cm³/mol. The lowest BCUT2D eigenvalue weighted by molar-refractivity contribution is 0.0636. The van der Waals surface area contributed by atoms with E-state index in [2.05, 4.69) is 15.3 Å². The first-order chi connectivity index (χ1) is 10.3. The molecular formula is C16H20Cl2N4O. The summed E-state index contributed by atoms with van der Waals surface area (Å²) in [4.78, 5) is 23.4. The van der Waals surface area contributed by atoms with Crippen molar-refractivity contribution in [2.24, 2.45) is 11.8 Å². The number of carbonyl (C=O) groups excluding carboxylic acids is 1. The molecule has 0 spiro atoms. The van der Waals surface area contributed by atoms with Crippen molar-refractivity contribution in [3.05, 3.63) is 36.2 Å². The smallest absolute Gasteiger partial charge is 0.274 e. The fourth-order valence-electron chi connectivity index (χ4n) is 3.44. The summed E-state index contributed by atoms with van der Waals surface area (Å²) >= 11 is 0. The van der Waals surface area contributed by atoms with Crippen LogP contribution in [0.5, 0.6) is 0 Å². The SMILES string of the molecule is Cl.Cl.O=C(c1cnc2ccccc2n1)N1CCC2CNCC2C1. The molecule has 2 unspecified atom stereocenters. The molecule has 2 saturated heterocycles. The third kappa shape index (κ3) is 3.42. The lowest BCUT2D eigenvalue weighted by atomic mass is 9.88. The third-order valence-corrected chi connectivity index (χ3v) is 4.66. The second kappa shape index (κ2) is 7.43. The van der Waals surface area contributed by atoms with Gasteiger partial charge in [-0.1, -0.05) is 12.1 Å². The maximum absolute atomic E-state index is 12.6. The van der Waals surface area contributed by atoms with Crippen LogP contribution < -0.4 is 5.32 Å². The average molecular weight is 355 g/mol. The molecule has 1 N–H and O–H groups in total. The van der Waals surface area contributed by atoms with E-state index in [1.807, 2.05) is 29.2 Å². The van der Waals surface area contributed by atoms with Gasteiger partial charge in [0.15, 0.2) is 0 Å². The van der Waals surface area contributed by atoms with Gasteiger partial charge in [0.05, 0.1) is 17.2 Å². The molecule has 4 rings (SSSR count). The van der Waals surface area contributed by atoms with Gasteiger partial charge in [0, 0.05) is 13.1 Å². The number of carbonyl (C=O) groups is 1. The van der Waals surface area contributed by atoms with Gasteiger partial charge in [0.2, 0.25) is 0 Å². The van der Waals surface area contributed by atoms with E-state index in [9.17, 15) is 4.79 Å². The monoisotopic (exact) mass is 354 g/mol. The minimum Gasteiger partial charge on any atom is -0.337 e. The Morgan fingerprint density at radius 2 is 1.87 bits per heavy atom. The Kier molecular flexibility index (Phi) is 5.79. The van der Waals surface area contributed by atoms with E-state index < -0.39 is 0 Å². The number of hydrogen-bond acceptors (Lipinski definition) is 4. The largest absolute Gasteiger partial charge is 0.337 e. The van der Waals surface area contributed by atoms with E-state index in [1.165, 1.54) is 0 Å². The van der Waals surface area contributed by atoms with Crippen LogP contribution in [0.4, 0.5) is 0 Å². The molecule has 0 saturated carbocycles. The molecule has 7 heteroatoms. The van der Waals surface area contributed by atoms with Gasteiger partial charge >= 0.3 is 0 Å². The quantitative estimate of drug-likeness (QED) is 0.852. The molecule has 2 atom stereocenters. The predicted octanol–water partition coefficient (Wildman–Crippen LogP) is 2.15. The lowest BCUT2D eigenvalue weighted by Gasteiger charge is -2.34. The van der Waals surface area contributed by atoms with Crippen molar-refractivity contribution in [3.8, 4) is 0 Å². The number of para-hydroxylation sites is 2. The van der Waals surface area contributed by atoms with E-state index in [-0.39, 0.29) is 30.7 Å². The normalized spacial score (nSPS) is 22.9. The highest BCUT2D eigenvalue weighted by Gasteiger charge is 2.35. The Morgan fingerprint density at radius 3 is 2.70 bits per heavy atom. The molecule has 0 aliphatic carbocycles. The van der Waals surface area contributed by atoms with Crippen molar-refractivity contribution in [3.63, 3.8) is 0 Å². The van der Waals surface area contributed by atoms with E-state index in [0.717, 1.165) is 49.6 Å². The molecule has 1 amide bonds. The van der Waals surface area contributed by atoms with Gasteiger partial charge in [-0.2, -0.15) is 0 Å². The van der Waals surface area contributed by atoms with Gasteiger partial charge in [-0.15, -0.1) is 24.8 Å². The number of hydrogen-bond donors (Lipinski definition) is 1. The summed E-state index contributed by atoms with van der Waals surface area (Å²) < 4.78 is 0. The molecule has 124 valence electrons. The highest BCUT2D eigenvalue weighted by molar-refractivity contribution is 5.93. The van der Waals surface area contributed by atoms with Crippen LogP contribution in [0.15, 0.2) is 30.5 Å². The number of rotatable bonds is 1. The molecular weight excluding hydrogens is 335 g/mol. The molecule has 2 aromatic rings. The number of halogens is 2. The van der Waals surface area contributed by atoms with Crippen LogP contribution in [0, 0.1) is 11.8 Å². The highest BCUT2D eigenvalue weighted by atomic mass is 35.5. The molecule has 1 aromatic carbocycles. The maximum Gasteiger partial charge on any atom is 0.274 e. The molecule has 23 heavy (non-hydrogen) atoms. The fraction of sp³-hybridized carbons (Fsp3) is 0.438. The Labute approximate surface area is 147 Å². The third-order valence-electron chi connectivity index (χ3n) is 4.66. The number of likely N-dealkylation sites (tertiary alicyclic amines) is 1. The minimum absolute atomic E-state index is 0. The van der Waals surface area contributed by atoms with Gasteiger partial charge < -0.3 is 10.2 Å². The molecule has 0 bridgehead atoms. The van der Waals surface area contributed by atoms with Crippen LogP contribution in [0.1, 0.15) is 16.9 Å². The van der Waals surface area contributed by atoms with Crippen LogP contribution in [0.3, 0.4) is 0 Å². The summed E-state index contributed by atoms with van der Waals surface area (Å²) in [5.41, 5.74) is 2.06. The number of nitrogens with one attached hydrogen (secondary N) is 1. The number of piperidine rings is 1. The molecule has 5 nitrogen and oxygen atoms in total. The average Bonchev–Trinajstić information content (AvgIpc) is 3.01. The van der Waals surface area contributed by atoms with Crippen molar-refractivity contribution < 1.29 is 4.79 Å².